The summed E-state index contributed by atoms with van der Waals surface area (Å²) in [4.78, 5) is 0. The van der Waals surface area contributed by atoms with Gasteiger partial charge in [-0.25, -0.2) is 4.39 Å². The molecule has 0 saturated heterocycles. The van der Waals surface area contributed by atoms with Gasteiger partial charge in [-0.2, -0.15) is 0 Å². The third kappa shape index (κ3) is 2.55. The van der Waals surface area contributed by atoms with E-state index < -0.39 is 5.82 Å². The monoisotopic (exact) mass is 263 g/mol. The van der Waals surface area contributed by atoms with Crippen molar-refractivity contribution in [3.63, 3.8) is 0 Å². The summed E-state index contributed by atoms with van der Waals surface area (Å²) in [5, 5.41) is 0.104. The van der Waals surface area contributed by atoms with E-state index >= 15 is 0 Å². The first kappa shape index (κ1) is 13.1. The molecule has 0 aliphatic rings. The standard InChI is InChI=1S/C15H15ClFN/c1-9-3-4-11(7-10(9)2)15(18)12-5-6-14(17)13(16)8-12/h3-8,15H,18H2,1-2H3. The van der Waals surface area contributed by atoms with Gasteiger partial charge in [0.15, 0.2) is 0 Å². The highest BCUT2D eigenvalue weighted by Crippen LogP contribution is 2.25. The van der Waals surface area contributed by atoms with E-state index in [1.54, 1.807) is 12.1 Å². The van der Waals surface area contributed by atoms with Gasteiger partial charge < -0.3 is 5.73 Å². The predicted octanol–water partition coefficient (Wildman–Crippen LogP) is 4.14. The van der Waals surface area contributed by atoms with Gasteiger partial charge in [0.2, 0.25) is 0 Å². The summed E-state index contributed by atoms with van der Waals surface area (Å²) >= 11 is 5.77. The number of hydrogen-bond acceptors (Lipinski definition) is 1. The largest absolute Gasteiger partial charge is 0.320 e. The SMILES string of the molecule is Cc1ccc(C(N)c2ccc(F)c(Cl)c2)cc1C. The summed E-state index contributed by atoms with van der Waals surface area (Å²) in [7, 11) is 0. The average molecular weight is 264 g/mol. The molecular weight excluding hydrogens is 249 g/mol. The molecule has 2 rings (SSSR count). The van der Waals surface area contributed by atoms with Gasteiger partial charge in [-0.05, 0) is 48.2 Å². The zero-order valence-electron chi connectivity index (χ0n) is 10.4. The fourth-order valence-electron chi connectivity index (χ4n) is 1.86. The fraction of sp³-hybridized carbons (Fsp3) is 0.200. The van der Waals surface area contributed by atoms with Crippen molar-refractivity contribution in [1.29, 1.82) is 0 Å². The van der Waals surface area contributed by atoms with Crippen LogP contribution in [0.5, 0.6) is 0 Å². The molecular formula is C15H15ClFN. The van der Waals surface area contributed by atoms with Crippen LogP contribution >= 0.6 is 11.6 Å². The molecule has 0 aliphatic carbocycles. The van der Waals surface area contributed by atoms with Crippen LogP contribution in [0.25, 0.3) is 0 Å². The lowest BCUT2D eigenvalue weighted by Gasteiger charge is -2.14. The van der Waals surface area contributed by atoms with E-state index in [1.165, 1.54) is 17.2 Å². The lowest BCUT2D eigenvalue weighted by atomic mass is 9.96. The number of nitrogens with two attached hydrogens (primary N) is 1. The summed E-state index contributed by atoms with van der Waals surface area (Å²) < 4.78 is 13.1. The van der Waals surface area contributed by atoms with Crippen LogP contribution in [-0.2, 0) is 0 Å². The van der Waals surface area contributed by atoms with Gasteiger partial charge >= 0.3 is 0 Å². The second-order valence-electron chi connectivity index (χ2n) is 4.49. The van der Waals surface area contributed by atoms with Crippen LogP contribution in [0, 0.1) is 19.7 Å². The molecule has 3 heteroatoms. The molecule has 0 bridgehead atoms. The molecule has 0 spiro atoms. The van der Waals surface area contributed by atoms with Gasteiger partial charge in [0.05, 0.1) is 11.1 Å². The third-order valence-corrected chi connectivity index (χ3v) is 3.48. The van der Waals surface area contributed by atoms with E-state index in [4.69, 9.17) is 17.3 Å². The number of halogens is 2. The number of rotatable bonds is 2. The fourth-order valence-corrected chi connectivity index (χ4v) is 2.05. The summed E-state index contributed by atoms with van der Waals surface area (Å²) in [6.45, 7) is 4.10. The Kier molecular flexibility index (Phi) is 3.69. The van der Waals surface area contributed by atoms with Crippen molar-refractivity contribution in [2.45, 2.75) is 19.9 Å². The van der Waals surface area contributed by atoms with Crippen molar-refractivity contribution in [2.75, 3.05) is 0 Å². The Hall–Kier alpha value is -1.38. The highest BCUT2D eigenvalue weighted by atomic mass is 35.5. The molecule has 2 N–H and O–H groups in total. The second kappa shape index (κ2) is 5.09. The lowest BCUT2D eigenvalue weighted by Crippen LogP contribution is -2.12. The van der Waals surface area contributed by atoms with E-state index in [0.29, 0.717) is 0 Å². The van der Waals surface area contributed by atoms with E-state index in [9.17, 15) is 4.39 Å². The van der Waals surface area contributed by atoms with Crippen LogP contribution in [0.3, 0.4) is 0 Å². The third-order valence-electron chi connectivity index (χ3n) is 3.19. The Labute approximate surface area is 111 Å². The molecule has 0 amide bonds. The molecule has 0 aromatic heterocycles. The molecule has 1 atom stereocenters. The molecule has 2 aromatic carbocycles. The predicted molar refractivity (Wildman–Crippen MR) is 73.4 cm³/mol. The Morgan fingerprint density at radius 2 is 1.61 bits per heavy atom. The van der Waals surface area contributed by atoms with Gasteiger partial charge in [-0.3, -0.25) is 0 Å². The van der Waals surface area contributed by atoms with Crippen LogP contribution in [0.1, 0.15) is 28.3 Å². The molecule has 0 aliphatic heterocycles. The number of aryl methyl sites for hydroxylation is 2. The molecule has 2 aromatic rings. The van der Waals surface area contributed by atoms with Crippen molar-refractivity contribution in [3.05, 3.63) is 69.5 Å². The molecule has 0 fully saturated rings. The second-order valence-corrected chi connectivity index (χ2v) is 4.90. The van der Waals surface area contributed by atoms with Crippen molar-refractivity contribution in [1.82, 2.24) is 0 Å². The van der Waals surface area contributed by atoms with Crippen LogP contribution < -0.4 is 5.73 Å². The topological polar surface area (TPSA) is 26.0 Å². The first-order valence-electron chi connectivity index (χ1n) is 5.76. The van der Waals surface area contributed by atoms with E-state index in [0.717, 1.165) is 11.1 Å². The minimum Gasteiger partial charge on any atom is -0.320 e. The highest BCUT2D eigenvalue weighted by Gasteiger charge is 2.11. The molecule has 1 nitrogen and oxygen atoms in total. The molecule has 0 radical (unpaired) electrons. The Bertz CT molecular complexity index is 529. The quantitative estimate of drug-likeness (QED) is 0.866. The molecule has 18 heavy (non-hydrogen) atoms. The average Bonchev–Trinajstić information content (AvgIpc) is 2.35. The van der Waals surface area contributed by atoms with Crippen LogP contribution in [0.2, 0.25) is 5.02 Å². The van der Waals surface area contributed by atoms with Gasteiger partial charge in [0, 0.05) is 0 Å². The van der Waals surface area contributed by atoms with E-state index in [2.05, 4.69) is 13.0 Å². The summed E-state index contributed by atoms with van der Waals surface area (Å²) in [6, 6.07) is 10.4. The first-order valence-corrected chi connectivity index (χ1v) is 6.14. The zero-order valence-corrected chi connectivity index (χ0v) is 11.1. The molecule has 94 valence electrons. The maximum atomic E-state index is 13.1. The van der Waals surface area contributed by atoms with Crippen molar-refractivity contribution in [3.8, 4) is 0 Å². The Balaban J connectivity index is 2.37. The molecule has 0 heterocycles. The van der Waals surface area contributed by atoms with E-state index in [1.807, 2.05) is 19.1 Å². The molecule has 1 unspecified atom stereocenters. The summed E-state index contributed by atoms with van der Waals surface area (Å²) in [5.74, 6) is -0.423. The number of hydrogen-bond donors (Lipinski definition) is 1. The van der Waals surface area contributed by atoms with Crippen LogP contribution in [-0.4, -0.2) is 0 Å². The minimum absolute atomic E-state index is 0.104. The summed E-state index contributed by atoms with van der Waals surface area (Å²) in [5.41, 5.74) is 10.4. The Morgan fingerprint density at radius 1 is 1.00 bits per heavy atom. The first-order chi connectivity index (χ1) is 8.49. The van der Waals surface area contributed by atoms with Gasteiger partial charge in [0.25, 0.3) is 0 Å². The maximum Gasteiger partial charge on any atom is 0.141 e. The van der Waals surface area contributed by atoms with Gasteiger partial charge in [-0.15, -0.1) is 0 Å². The van der Waals surface area contributed by atoms with E-state index in [-0.39, 0.29) is 11.1 Å². The van der Waals surface area contributed by atoms with Crippen molar-refractivity contribution < 1.29 is 4.39 Å². The Morgan fingerprint density at radius 3 is 2.22 bits per heavy atom. The summed E-state index contributed by atoms with van der Waals surface area (Å²) in [6.07, 6.45) is 0. The lowest BCUT2D eigenvalue weighted by molar-refractivity contribution is 0.627. The van der Waals surface area contributed by atoms with Crippen LogP contribution in [0.4, 0.5) is 4.39 Å². The van der Waals surface area contributed by atoms with Gasteiger partial charge in [0.1, 0.15) is 5.82 Å². The minimum atomic E-state index is -0.423. The zero-order chi connectivity index (χ0) is 13.3. The number of benzene rings is 2. The van der Waals surface area contributed by atoms with Crippen molar-refractivity contribution in [2.24, 2.45) is 5.73 Å². The van der Waals surface area contributed by atoms with Crippen molar-refractivity contribution >= 4 is 11.6 Å². The maximum absolute atomic E-state index is 13.1. The normalized spacial score (nSPS) is 12.5. The highest BCUT2D eigenvalue weighted by molar-refractivity contribution is 6.30. The van der Waals surface area contributed by atoms with Crippen LogP contribution in [0.15, 0.2) is 36.4 Å². The van der Waals surface area contributed by atoms with Gasteiger partial charge in [-0.1, -0.05) is 35.9 Å². The smallest absolute Gasteiger partial charge is 0.141 e. The molecule has 0 saturated carbocycles.